The van der Waals surface area contributed by atoms with Crippen LogP contribution in [0.5, 0.6) is 5.75 Å². The molecule has 2 heterocycles. The number of terminal acetylenes is 1. The zero-order chi connectivity index (χ0) is 22.7. The second-order valence-corrected chi connectivity index (χ2v) is 7.76. The van der Waals surface area contributed by atoms with Crippen LogP contribution in [-0.2, 0) is 7.05 Å². The van der Waals surface area contributed by atoms with Crippen LogP contribution in [0.1, 0.15) is 18.4 Å². The molecule has 2 N–H and O–H groups in total. The van der Waals surface area contributed by atoms with Crippen LogP contribution in [0.25, 0.3) is 22.4 Å². The quantitative estimate of drug-likeness (QED) is 0.605. The van der Waals surface area contributed by atoms with Crippen LogP contribution in [0.2, 0.25) is 0 Å². The zero-order valence-electron chi connectivity index (χ0n) is 18.1. The van der Waals surface area contributed by atoms with Gasteiger partial charge in [0.15, 0.2) is 11.6 Å². The summed E-state index contributed by atoms with van der Waals surface area (Å²) in [7, 11) is 3.08. The predicted molar refractivity (Wildman–Crippen MR) is 124 cm³/mol. The molecule has 0 spiro atoms. The van der Waals surface area contributed by atoms with Gasteiger partial charge in [-0.05, 0) is 55.8 Å². The number of piperidine rings is 1. The largest absolute Gasteiger partial charge is 0.494 e. The fourth-order valence-electron chi connectivity index (χ4n) is 3.90. The number of nitrogens with one attached hydrogen (secondary N) is 2. The normalized spacial score (nSPS) is 14.1. The van der Waals surface area contributed by atoms with E-state index in [1.807, 2.05) is 12.1 Å². The number of ether oxygens (including phenoxy) is 1. The Morgan fingerprint density at radius 2 is 1.88 bits per heavy atom. The minimum atomic E-state index is -0.544. The molecular weight excluding hydrogens is 407 g/mol. The van der Waals surface area contributed by atoms with Gasteiger partial charge >= 0.3 is 0 Å². The minimum absolute atomic E-state index is 0.114. The summed E-state index contributed by atoms with van der Waals surface area (Å²) in [6.07, 6.45) is 7.36. The molecule has 1 aliphatic heterocycles. The molecule has 7 heteroatoms. The van der Waals surface area contributed by atoms with Crippen LogP contribution in [0.15, 0.2) is 47.3 Å². The van der Waals surface area contributed by atoms with Crippen molar-refractivity contribution in [1.82, 2.24) is 14.9 Å². The molecule has 0 aliphatic carbocycles. The number of halogens is 1. The molecule has 2 aromatic carbocycles. The molecule has 32 heavy (non-hydrogen) atoms. The van der Waals surface area contributed by atoms with Crippen molar-refractivity contribution in [3.63, 3.8) is 0 Å². The van der Waals surface area contributed by atoms with Crippen molar-refractivity contribution in [3.05, 3.63) is 64.2 Å². The average molecular weight is 432 g/mol. The van der Waals surface area contributed by atoms with Gasteiger partial charge in [-0.3, -0.25) is 9.36 Å². The molecule has 0 unspecified atom stereocenters. The first-order valence-electron chi connectivity index (χ1n) is 10.5. The molecule has 0 radical (unpaired) electrons. The standard InChI is InChI=1S/C25H25FN4O2/c1-4-16-5-7-17(8-6-16)23-22(18-9-10-21(32-3)20(26)15-18)24(31)30(2)25(29-23)28-19-11-13-27-14-12-19/h1,5-10,15,19,27H,11-14H2,2-3H3,(H,28,29). The molecule has 0 saturated carbocycles. The Balaban J connectivity index is 1.89. The van der Waals surface area contributed by atoms with Gasteiger partial charge in [-0.25, -0.2) is 9.37 Å². The molecule has 0 amide bonds. The van der Waals surface area contributed by atoms with Crippen LogP contribution in [-0.4, -0.2) is 35.8 Å². The highest BCUT2D eigenvalue weighted by atomic mass is 19.1. The lowest BCUT2D eigenvalue weighted by atomic mass is 9.99. The van der Waals surface area contributed by atoms with E-state index in [-0.39, 0.29) is 17.4 Å². The van der Waals surface area contributed by atoms with Crippen molar-refractivity contribution in [3.8, 4) is 40.5 Å². The molecule has 3 aromatic rings. The van der Waals surface area contributed by atoms with Crippen LogP contribution in [0, 0.1) is 18.2 Å². The van der Waals surface area contributed by atoms with Crippen molar-refractivity contribution in [2.45, 2.75) is 18.9 Å². The Morgan fingerprint density at radius 3 is 2.50 bits per heavy atom. The van der Waals surface area contributed by atoms with E-state index in [0.29, 0.717) is 22.8 Å². The van der Waals surface area contributed by atoms with Crippen molar-refractivity contribution in [2.75, 3.05) is 25.5 Å². The highest BCUT2D eigenvalue weighted by Crippen LogP contribution is 2.31. The second kappa shape index (κ2) is 9.25. The number of hydrogen-bond donors (Lipinski definition) is 2. The fraction of sp³-hybridized carbons (Fsp3) is 0.280. The van der Waals surface area contributed by atoms with Crippen molar-refractivity contribution in [2.24, 2.45) is 7.05 Å². The number of anilines is 1. The topological polar surface area (TPSA) is 68.2 Å². The smallest absolute Gasteiger partial charge is 0.263 e. The molecule has 1 fully saturated rings. The van der Waals surface area contributed by atoms with Gasteiger partial charge in [-0.2, -0.15) is 0 Å². The van der Waals surface area contributed by atoms with E-state index in [1.165, 1.54) is 23.8 Å². The molecule has 164 valence electrons. The monoisotopic (exact) mass is 432 g/mol. The molecule has 1 aromatic heterocycles. The third kappa shape index (κ3) is 4.23. The number of nitrogens with zero attached hydrogens (tertiary/aromatic N) is 2. The molecule has 0 bridgehead atoms. The summed E-state index contributed by atoms with van der Waals surface area (Å²) >= 11 is 0. The van der Waals surface area contributed by atoms with Gasteiger partial charge in [-0.15, -0.1) is 6.42 Å². The van der Waals surface area contributed by atoms with Gasteiger partial charge in [0, 0.05) is 24.2 Å². The number of rotatable bonds is 5. The summed E-state index contributed by atoms with van der Waals surface area (Å²) in [6.45, 7) is 1.82. The average Bonchev–Trinajstić information content (AvgIpc) is 2.82. The van der Waals surface area contributed by atoms with E-state index < -0.39 is 5.82 Å². The van der Waals surface area contributed by atoms with E-state index in [2.05, 4.69) is 16.6 Å². The molecule has 1 saturated heterocycles. The molecule has 6 nitrogen and oxygen atoms in total. The highest BCUT2D eigenvalue weighted by Gasteiger charge is 2.21. The first-order chi connectivity index (χ1) is 15.5. The summed E-state index contributed by atoms with van der Waals surface area (Å²) in [5, 5.41) is 6.75. The van der Waals surface area contributed by atoms with Crippen LogP contribution < -0.4 is 20.9 Å². The lowest BCUT2D eigenvalue weighted by molar-refractivity contribution is 0.386. The minimum Gasteiger partial charge on any atom is -0.494 e. The zero-order valence-corrected chi connectivity index (χ0v) is 18.1. The number of hydrogen-bond acceptors (Lipinski definition) is 5. The summed E-state index contributed by atoms with van der Waals surface area (Å²) in [5.41, 5.74) is 2.40. The fourth-order valence-corrected chi connectivity index (χ4v) is 3.90. The summed E-state index contributed by atoms with van der Waals surface area (Å²) in [4.78, 5) is 18.3. The van der Waals surface area contributed by atoms with E-state index >= 15 is 0 Å². The maximum absolute atomic E-state index is 14.5. The third-order valence-corrected chi connectivity index (χ3v) is 5.73. The second-order valence-electron chi connectivity index (χ2n) is 7.76. The lowest BCUT2D eigenvalue weighted by Gasteiger charge is -2.25. The van der Waals surface area contributed by atoms with Crippen LogP contribution in [0.3, 0.4) is 0 Å². The van der Waals surface area contributed by atoms with Crippen LogP contribution in [0.4, 0.5) is 10.3 Å². The Bertz CT molecular complexity index is 1220. The van der Waals surface area contributed by atoms with Gasteiger partial charge in [0.1, 0.15) is 0 Å². The Morgan fingerprint density at radius 1 is 1.19 bits per heavy atom. The molecule has 1 aliphatic rings. The number of aromatic nitrogens is 2. The SMILES string of the molecule is C#Cc1ccc(-c2nc(NC3CCNCC3)n(C)c(=O)c2-c2ccc(OC)c(F)c2)cc1. The number of benzene rings is 2. The van der Waals surface area contributed by atoms with Crippen molar-refractivity contribution in [1.29, 1.82) is 0 Å². The van der Waals surface area contributed by atoms with Gasteiger partial charge < -0.3 is 15.4 Å². The van der Waals surface area contributed by atoms with Crippen molar-refractivity contribution >= 4 is 5.95 Å². The first kappa shape index (κ1) is 21.6. The Hall–Kier alpha value is -3.63. The maximum Gasteiger partial charge on any atom is 0.263 e. The van der Waals surface area contributed by atoms with E-state index in [9.17, 15) is 9.18 Å². The summed E-state index contributed by atoms with van der Waals surface area (Å²) in [6, 6.07) is 11.9. The molecule has 4 rings (SSSR count). The third-order valence-electron chi connectivity index (χ3n) is 5.73. The van der Waals surface area contributed by atoms with E-state index in [0.717, 1.165) is 37.1 Å². The van der Waals surface area contributed by atoms with E-state index in [4.69, 9.17) is 16.1 Å². The van der Waals surface area contributed by atoms with Gasteiger partial charge in [0.25, 0.3) is 5.56 Å². The van der Waals surface area contributed by atoms with Crippen LogP contribution >= 0.6 is 0 Å². The molecule has 0 atom stereocenters. The first-order valence-corrected chi connectivity index (χ1v) is 10.5. The predicted octanol–water partition coefficient (Wildman–Crippen LogP) is 3.41. The lowest BCUT2D eigenvalue weighted by Crippen LogP contribution is -2.37. The van der Waals surface area contributed by atoms with E-state index in [1.54, 1.807) is 25.2 Å². The summed E-state index contributed by atoms with van der Waals surface area (Å²) in [5.74, 6) is 2.64. The van der Waals surface area contributed by atoms with Gasteiger partial charge in [-0.1, -0.05) is 24.1 Å². The maximum atomic E-state index is 14.5. The Kier molecular flexibility index (Phi) is 6.24. The van der Waals surface area contributed by atoms with Gasteiger partial charge in [0.2, 0.25) is 5.95 Å². The molecular formula is C25H25FN4O2. The highest BCUT2D eigenvalue weighted by molar-refractivity contribution is 5.81. The number of methoxy groups -OCH3 is 1. The summed E-state index contributed by atoms with van der Waals surface area (Å²) < 4.78 is 21.0. The Labute approximate surface area is 186 Å². The van der Waals surface area contributed by atoms with Crippen molar-refractivity contribution < 1.29 is 9.13 Å². The van der Waals surface area contributed by atoms with Gasteiger partial charge in [0.05, 0.1) is 18.4 Å².